The van der Waals surface area contributed by atoms with Gasteiger partial charge in [0.2, 0.25) is 5.91 Å². The van der Waals surface area contributed by atoms with Crippen LogP contribution in [0, 0.1) is 24.7 Å². The van der Waals surface area contributed by atoms with Crippen LogP contribution in [0.5, 0.6) is 0 Å². The fraction of sp³-hybridized carbons (Fsp3) is 0.625. The molecule has 5 atom stereocenters. The molecule has 6 nitrogen and oxygen atoms in total. The molecule has 2 aliphatic rings. The Hall–Kier alpha value is -2.21. The van der Waals surface area contributed by atoms with Crippen molar-refractivity contribution >= 4 is 16.8 Å². The largest absolute Gasteiger partial charge is 0.341 e. The quantitative estimate of drug-likeness (QED) is 0.815. The molecule has 0 aromatic carbocycles. The number of hydrogen-bond donors (Lipinski definition) is 2. The van der Waals surface area contributed by atoms with Gasteiger partial charge in [-0.2, -0.15) is 0 Å². The van der Waals surface area contributed by atoms with Crippen molar-refractivity contribution in [2.45, 2.75) is 65.0 Å². The van der Waals surface area contributed by atoms with Crippen LogP contribution in [0.2, 0.25) is 0 Å². The van der Waals surface area contributed by atoms with Crippen molar-refractivity contribution in [3.05, 3.63) is 39.9 Å². The van der Waals surface area contributed by atoms with Crippen LogP contribution < -0.4 is 16.2 Å². The monoisotopic (exact) mass is 410 g/mol. The zero-order chi connectivity index (χ0) is 21.4. The maximum absolute atomic E-state index is 13.2. The highest BCUT2D eigenvalue weighted by molar-refractivity contribution is 5.80. The van der Waals surface area contributed by atoms with Crippen LogP contribution in [-0.4, -0.2) is 28.2 Å². The van der Waals surface area contributed by atoms with E-state index in [-0.39, 0.29) is 29.5 Å². The average molecular weight is 411 g/mol. The predicted molar refractivity (Wildman–Crippen MR) is 119 cm³/mol. The number of aryl methyl sites for hydroxylation is 2. The third kappa shape index (κ3) is 4.15. The Labute approximate surface area is 178 Å². The molecule has 1 amide bonds. The summed E-state index contributed by atoms with van der Waals surface area (Å²) in [7, 11) is 1.83. The molecule has 6 heteroatoms. The number of rotatable bonds is 3. The molecule has 4 rings (SSSR count). The molecule has 0 spiro atoms. The maximum atomic E-state index is 13.2. The first-order valence-corrected chi connectivity index (χ1v) is 11.3. The highest BCUT2D eigenvalue weighted by Crippen LogP contribution is 2.40. The van der Waals surface area contributed by atoms with Gasteiger partial charge in [-0.15, -0.1) is 0 Å². The maximum Gasteiger partial charge on any atom is 0.254 e. The summed E-state index contributed by atoms with van der Waals surface area (Å²) in [5.41, 5.74) is 2.68. The number of aromatic nitrogens is 2. The van der Waals surface area contributed by atoms with Crippen LogP contribution in [0.25, 0.3) is 10.9 Å². The molecule has 3 heterocycles. The van der Waals surface area contributed by atoms with Gasteiger partial charge in [-0.25, -0.2) is 0 Å². The Morgan fingerprint density at radius 1 is 1.20 bits per heavy atom. The lowest BCUT2D eigenvalue weighted by atomic mass is 9.71. The number of nitrogens with one attached hydrogen (secondary N) is 2. The van der Waals surface area contributed by atoms with E-state index in [0.29, 0.717) is 11.8 Å². The number of piperidine rings is 1. The van der Waals surface area contributed by atoms with Gasteiger partial charge in [0.25, 0.3) is 5.56 Å². The molecule has 2 fully saturated rings. The Bertz CT molecular complexity index is 991. The Morgan fingerprint density at radius 2 is 2.00 bits per heavy atom. The molecule has 2 aromatic rings. The van der Waals surface area contributed by atoms with E-state index in [9.17, 15) is 9.59 Å². The van der Waals surface area contributed by atoms with E-state index in [4.69, 9.17) is 0 Å². The lowest BCUT2D eigenvalue weighted by Crippen LogP contribution is -2.51. The summed E-state index contributed by atoms with van der Waals surface area (Å²) in [6.07, 6.45) is 6.64. The average Bonchev–Trinajstić information content (AvgIpc) is 2.73. The fourth-order valence-electron chi connectivity index (χ4n) is 5.16. The SMILES string of the molecule is Cc1cc2c(cn1)cc(C1CC(C(=O)NC3CCC(C)CN3)CCC1C)c(=O)n2C. The molecular weight excluding hydrogens is 376 g/mol. The number of carbonyl (C=O) groups excluding carboxylic acids is 1. The Kier molecular flexibility index (Phi) is 5.96. The summed E-state index contributed by atoms with van der Waals surface area (Å²) in [5.74, 6) is 1.24. The van der Waals surface area contributed by atoms with Gasteiger partial charge in [-0.3, -0.25) is 19.9 Å². The first-order chi connectivity index (χ1) is 14.3. The second kappa shape index (κ2) is 8.50. The smallest absolute Gasteiger partial charge is 0.254 e. The van der Waals surface area contributed by atoms with E-state index in [0.717, 1.165) is 60.8 Å². The van der Waals surface area contributed by atoms with Crippen molar-refractivity contribution in [3.63, 3.8) is 0 Å². The van der Waals surface area contributed by atoms with E-state index in [2.05, 4.69) is 29.5 Å². The zero-order valence-corrected chi connectivity index (χ0v) is 18.6. The highest BCUT2D eigenvalue weighted by atomic mass is 16.2. The number of amides is 1. The molecule has 1 aliphatic carbocycles. The minimum atomic E-state index is -0.0381. The van der Waals surface area contributed by atoms with Crippen LogP contribution in [-0.2, 0) is 11.8 Å². The molecule has 0 radical (unpaired) electrons. The number of nitrogens with zero attached hydrogens (tertiary/aromatic N) is 2. The summed E-state index contributed by atoms with van der Waals surface area (Å²) in [6.45, 7) is 7.33. The molecule has 30 heavy (non-hydrogen) atoms. The van der Waals surface area contributed by atoms with Gasteiger partial charge in [-0.1, -0.05) is 13.8 Å². The van der Waals surface area contributed by atoms with E-state index >= 15 is 0 Å². The van der Waals surface area contributed by atoms with E-state index in [1.807, 2.05) is 32.3 Å². The van der Waals surface area contributed by atoms with Crippen molar-refractivity contribution in [2.24, 2.45) is 24.8 Å². The molecule has 1 aliphatic heterocycles. The minimum absolute atomic E-state index is 0.0381. The minimum Gasteiger partial charge on any atom is -0.341 e. The van der Waals surface area contributed by atoms with Gasteiger partial charge in [0, 0.05) is 35.8 Å². The first-order valence-electron chi connectivity index (χ1n) is 11.3. The molecule has 1 saturated carbocycles. The lowest BCUT2D eigenvalue weighted by molar-refractivity contribution is -0.127. The van der Waals surface area contributed by atoms with Crippen molar-refractivity contribution < 1.29 is 4.79 Å². The molecule has 0 bridgehead atoms. The van der Waals surface area contributed by atoms with Gasteiger partial charge in [-0.05, 0) is 75.5 Å². The highest BCUT2D eigenvalue weighted by Gasteiger charge is 2.35. The van der Waals surface area contributed by atoms with Crippen LogP contribution in [0.3, 0.4) is 0 Å². The summed E-state index contributed by atoms with van der Waals surface area (Å²) >= 11 is 0. The number of hydrogen-bond acceptors (Lipinski definition) is 4. The third-order valence-electron chi connectivity index (χ3n) is 7.22. The number of carbonyl (C=O) groups is 1. The fourth-order valence-corrected chi connectivity index (χ4v) is 5.16. The normalized spacial score (nSPS) is 29.7. The van der Waals surface area contributed by atoms with Crippen LogP contribution in [0.4, 0.5) is 0 Å². The second-order valence-electron chi connectivity index (χ2n) is 9.59. The molecule has 2 N–H and O–H groups in total. The molecule has 2 aromatic heterocycles. The van der Waals surface area contributed by atoms with Gasteiger partial charge >= 0.3 is 0 Å². The summed E-state index contributed by atoms with van der Waals surface area (Å²) < 4.78 is 1.74. The van der Waals surface area contributed by atoms with Crippen molar-refractivity contribution in [2.75, 3.05) is 6.54 Å². The van der Waals surface area contributed by atoms with Crippen molar-refractivity contribution in [1.82, 2.24) is 20.2 Å². The third-order valence-corrected chi connectivity index (χ3v) is 7.22. The van der Waals surface area contributed by atoms with Gasteiger partial charge in [0.15, 0.2) is 0 Å². The van der Waals surface area contributed by atoms with Crippen LogP contribution in [0.15, 0.2) is 23.1 Å². The number of pyridine rings is 2. The van der Waals surface area contributed by atoms with E-state index in [1.54, 1.807) is 4.57 Å². The summed E-state index contributed by atoms with van der Waals surface area (Å²) in [5, 5.41) is 7.64. The molecule has 1 saturated heterocycles. The lowest BCUT2D eigenvalue weighted by Gasteiger charge is -2.35. The standard InChI is InChI=1S/C24H34N4O2/c1-14-5-8-22(26-12-14)27-23(29)17-7-6-15(2)19(10-17)20-11-18-13-25-16(3)9-21(18)28(4)24(20)30/h9,11,13-15,17,19,22,26H,5-8,10,12H2,1-4H3,(H,27,29). The van der Waals surface area contributed by atoms with E-state index < -0.39 is 0 Å². The zero-order valence-electron chi connectivity index (χ0n) is 18.6. The van der Waals surface area contributed by atoms with Crippen molar-refractivity contribution in [1.29, 1.82) is 0 Å². The summed E-state index contributed by atoms with van der Waals surface area (Å²) in [4.78, 5) is 30.6. The Balaban J connectivity index is 1.55. The van der Waals surface area contributed by atoms with Gasteiger partial charge < -0.3 is 9.88 Å². The topological polar surface area (TPSA) is 76.0 Å². The van der Waals surface area contributed by atoms with Crippen LogP contribution >= 0.6 is 0 Å². The molecule has 5 unspecified atom stereocenters. The molecule has 162 valence electrons. The molecular formula is C24H34N4O2. The summed E-state index contributed by atoms with van der Waals surface area (Å²) in [6, 6.07) is 3.97. The number of fused-ring (bicyclic) bond motifs is 1. The second-order valence-corrected chi connectivity index (χ2v) is 9.59. The van der Waals surface area contributed by atoms with E-state index in [1.165, 1.54) is 0 Å². The van der Waals surface area contributed by atoms with Gasteiger partial charge in [0.1, 0.15) is 0 Å². The first kappa shape index (κ1) is 21.0. The van der Waals surface area contributed by atoms with Gasteiger partial charge in [0.05, 0.1) is 11.7 Å². The Morgan fingerprint density at radius 3 is 2.73 bits per heavy atom. The van der Waals surface area contributed by atoms with Crippen LogP contribution in [0.1, 0.15) is 63.1 Å². The predicted octanol–water partition coefficient (Wildman–Crippen LogP) is 3.22. The van der Waals surface area contributed by atoms with Crippen molar-refractivity contribution in [3.8, 4) is 0 Å².